The monoisotopic (exact) mass is 876 g/mol. The van der Waals surface area contributed by atoms with Crippen LogP contribution < -0.4 is 15.7 Å². The van der Waals surface area contributed by atoms with E-state index in [2.05, 4.69) is 203 Å². The fourth-order valence-corrected chi connectivity index (χ4v) is 14.3. The third-order valence-electron chi connectivity index (χ3n) is 16.7. The summed E-state index contributed by atoms with van der Waals surface area (Å²) in [5.41, 5.74) is 25.8. The zero-order chi connectivity index (χ0) is 44.8. The Balaban J connectivity index is 1.11. The van der Waals surface area contributed by atoms with Crippen LogP contribution >= 0.6 is 11.3 Å². The van der Waals surface area contributed by atoms with Crippen LogP contribution in [0.4, 0.5) is 11.4 Å². The van der Waals surface area contributed by atoms with Gasteiger partial charge in [-0.05, 0) is 176 Å². The number of fused-ring (bicyclic) bond motifs is 16. The maximum Gasteiger partial charge on any atom is 0.333 e. The smallest absolute Gasteiger partial charge is 0.333 e. The first kappa shape index (κ1) is 38.3. The summed E-state index contributed by atoms with van der Waals surface area (Å²) in [6, 6.07) is 59.7. The highest BCUT2D eigenvalue weighted by Crippen LogP contribution is 2.54. The molecule has 2 aliphatic heterocycles. The van der Waals surface area contributed by atoms with E-state index in [1.807, 2.05) is 11.3 Å². The minimum absolute atomic E-state index is 0.0434. The molecule has 11 aromatic rings. The lowest BCUT2D eigenvalue weighted by atomic mass is 9.43. The second-order valence-corrected chi connectivity index (χ2v) is 22.8. The second-order valence-electron chi connectivity index (χ2n) is 21.7. The number of rotatable bonds is 2. The number of thiophene rings is 1. The molecule has 4 heterocycles. The van der Waals surface area contributed by atoms with E-state index in [0.717, 1.165) is 6.42 Å². The highest BCUT2D eigenvalue weighted by Gasteiger charge is 2.45. The molecule has 15 rings (SSSR count). The van der Waals surface area contributed by atoms with Crippen molar-refractivity contribution in [2.45, 2.75) is 71.6 Å². The highest BCUT2D eigenvalue weighted by atomic mass is 32.1. The van der Waals surface area contributed by atoms with Gasteiger partial charge in [-0.1, -0.05) is 130 Å². The molecule has 320 valence electrons. The van der Waals surface area contributed by atoms with Crippen molar-refractivity contribution in [1.29, 1.82) is 0 Å². The first-order valence-corrected chi connectivity index (χ1v) is 25.1. The zero-order valence-electron chi connectivity index (χ0n) is 38.9. The summed E-state index contributed by atoms with van der Waals surface area (Å²) in [6.45, 7) is 14.3. The van der Waals surface area contributed by atoms with Gasteiger partial charge in [0.25, 0.3) is 0 Å². The van der Waals surface area contributed by atoms with Crippen molar-refractivity contribution in [2.75, 3.05) is 4.81 Å². The fraction of sp³-hybridized carbons (Fsp3) is 0.175. The molecule has 4 heteroatoms. The Bertz CT molecular complexity index is 4050. The molecule has 0 bridgehead atoms. The van der Waals surface area contributed by atoms with Gasteiger partial charge in [0.15, 0.2) is 0 Å². The number of hydrogen-bond acceptors (Lipinski definition) is 2. The maximum absolute atomic E-state index is 2.71. The Kier molecular flexibility index (Phi) is 7.40. The van der Waals surface area contributed by atoms with E-state index in [4.69, 9.17) is 0 Å². The SMILES string of the molecule is Cc1ccc(N2B3c4cc(C)ccc4-n4c5cc6ccccc6cc5c5c(-c6ccc7c(c6)Cc6ccccc6-7)cc(c3c54)-c3cc4c(cc32)sc2cc3c(cc24)C(C)(C)CCC3(C)C)cc1. The molecular weight excluding hydrogens is 828 g/mol. The van der Waals surface area contributed by atoms with Crippen LogP contribution in [0.5, 0.6) is 0 Å². The minimum atomic E-state index is -0.0434. The maximum atomic E-state index is 2.71. The van der Waals surface area contributed by atoms with Crippen molar-refractivity contribution in [3.63, 3.8) is 0 Å². The van der Waals surface area contributed by atoms with E-state index >= 15 is 0 Å². The van der Waals surface area contributed by atoms with Crippen molar-refractivity contribution >= 4 is 93.2 Å². The van der Waals surface area contributed by atoms with Crippen molar-refractivity contribution in [2.24, 2.45) is 0 Å². The van der Waals surface area contributed by atoms with Gasteiger partial charge in [0.1, 0.15) is 0 Å². The molecule has 0 N–H and O–H groups in total. The van der Waals surface area contributed by atoms with Crippen molar-refractivity contribution in [3.05, 3.63) is 185 Å². The third-order valence-corrected chi connectivity index (χ3v) is 17.8. The van der Waals surface area contributed by atoms with Gasteiger partial charge in [0.05, 0.1) is 11.0 Å². The fourth-order valence-electron chi connectivity index (χ4n) is 13.2. The van der Waals surface area contributed by atoms with Gasteiger partial charge >= 0.3 is 6.85 Å². The second kappa shape index (κ2) is 13.0. The summed E-state index contributed by atoms with van der Waals surface area (Å²) in [7, 11) is 0. The standard InChI is InChI=1S/C63H49BN2S/c1-35-15-19-42(20-16-35)66-56-34-58-47(48-32-51-52(33-57(48)67-58)63(5,6)24-23-62(51,3)4)31-46(56)49-30-45(40-18-21-44-41(27-40)26-39-13-9-10-14-43(39)44)59-50-28-37-11-7-8-12-38(37)29-55(50)65-54-22-17-36(2)25-53(54)64(66)60(49)61(59)65/h7-22,25,27-34H,23-24,26H2,1-6H3. The van der Waals surface area contributed by atoms with E-state index in [1.165, 1.54) is 160 Å². The first-order valence-electron chi connectivity index (χ1n) is 24.3. The Morgan fingerprint density at radius 2 is 1.22 bits per heavy atom. The van der Waals surface area contributed by atoms with Crippen LogP contribution in [0, 0.1) is 13.8 Å². The molecule has 0 fully saturated rings. The molecule has 0 amide bonds. The summed E-state index contributed by atoms with van der Waals surface area (Å²) >= 11 is 1.98. The predicted molar refractivity (Wildman–Crippen MR) is 289 cm³/mol. The summed E-state index contributed by atoms with van der Waals surface area (Å²) < 4.78 is 5.40. The van der Waals surface area contributed by atoms with Gasteiger partial charge in [0.2, 0.25) is 0 Å². The lowest BCUT2D eigenvalue weighted by Gasteiger charge is -2.42. The molecule has 0 spiro atoms. The van der Waals surface area contributed by atoms with E-state index < -0.39 is 0 Å². The number of benzene rings is 9. The van der Waals surface area contributed by atoms with Gasteiger partial charge in [-0.25, -0.2) is 0 Å². The average molecular weight is 877 g/mol. The summed E-state index contributed by atoms with van der Waals surface area (Å²) in [5, 5.41) is 7.95. The van der Waals surface area contributed by atoms with E-state index in [1.54, 1.807) is 0 Å². The Morgan fingerprint density at radius 3 is 2.04 bits per heavy atom. The Labute approximate surface area is 396 Å². The topological polar surface area (TPSA) is 8.17 Å². The van der Waals surface area contributed by atoms with E-state index in [-0.39, 0.29) is 17.7 Å². The number of aryl methyl sites for hydroxylation is 2. The van der Waals surface area contributed by atoms with Gasteiger partial charge < -0.3 is 9.38 Å². The Morgan fingerprint density at radius 1 is 0.522 bits per heavy atom. The number of aromatic nitrogens is 1. The quantitative estimate of drug-likeness (QED) is 0.157. The van der Waals surface area contributed by atoms with Crippen LogP contribution in [-0.2, 0) is 17.3 Å². The molecule has 0 radical (unpaired) electrons. The molecule has 2 aliphatic carbocycles. The summed E-state index contributed by atoms with van der Waals surface area (Å²) in [4.78, 5) is 2.71. The molecule has 67 heavy (non-hydrogen) atoms. The largest absolute Gasteiger partial charge is 0.376 e. The van der Waals surface area contributed by atoms with Crippen LogP contribution in [0.3, 0.4) is 0 Å². The lowest BCUT2D eigenvalue weighted by Crippen LogP contribution is -2.60. The molecule has 0 saturated heterocycles. The van der Waals surface area contributed by atoms with Crippen LogP contribution in [0.1, 0.15) is 73.9 Å². The molecule has 0 unspecified atom stereocenters. The van der Waals surface area contributed by atoms with Crippen LogP contribution in [0.25, 0.3) is 91.8 Å². The molecular formula is C63H49BN2S. The molecule has 9 aromatic carbocycles. The number of hydrogen-bond donors (Lipinski definition) is 0. The van der Waals surface area contributed by atoms with Crippen LogP contribution in [0.2, 0.25) is 0 Å². The van der Waals surface area contributed by atoms with Crippen molar-refractivity contribution < 1.29 is 0 Å². The van der Waals surface area contributed by atoms with Gasteiger partial charge in [-0.2, -0.15) is 0 Å². The molecule has 0 saturated carbocycles. The van der Waals surface area contributed by atoms with E-state index in [9.17, 15) is 0 Å². The molecule has 4 aliphatic rings. The molecule has 0 atom stereocenters. The predicted octanol–water partition coefficient (Wildman–Crippen LogP) is 15.7. The highest BCUT2D eigenvalue weighted by molar-refractivity contribution is 7.25. The molecule has 2 aromatic heterocycles. The van der Waals surface area contributed by atoms with Crippen molar-refractivity contribution in [1.82, 2.24) is 4.57 Å². The normalized spacial score (nSPS) is 15.9. The van der Waals surface area contributed by atoms with Crippen LogP contribution in [0.15, 0.2) is 152 Å². The number of nitrogens with zero attached hydrogens (tertiary/aromatic N) is 2. The Hall–Kier alpha value is -6.88. The zero-order valence-corrected chi connectivity index (χ0v) is 39.8. The van der Waals surface area contributed by atoms with Gasteiger partial charge in [0, 0.05) is 53.6 Å². The van der Waals surface area contributed by atoms with Gasteiger partial charge in [-0.3, -0.25) is 0 Å². The first-order chi connectivity index (χ1) is 32.5. The number of anilines is 2. The lowest BCUT2D eigenvalue weighted by molar-refractivity contribution is 0.332. The summed E-state index contributed by atoms with van der Waals surface area (Å²) in [5.74, 6) is 0. The van der Waals surface area contributed by atoms with Crippen molar-refractivity contribution in [3.8, 4) is 39.1 Å². The van der Waals surface area contributed by atoms with E-state index in [0.29, 0.717) is 0 Å². The minimum Gasteiger partial charge on any atom is -0.376 e. The van der Waals surface area contributed by atoms with Gasteiger partial charge in [-0.15, -0.1) is 11.3 Å². The average Bonchev–Trinajstić information content (AvgIpc) is 3.99. The molecule has 2 nitrogen and oxygen atoms in total. The van der Waals surface area contributed by atoms with Crippen LogP contribution in [-0.4, -0.2) is 11.4 Å². The summed E-state index contributed by atoms with van der Waals surface area (Å²) in [6.07, 6.45) is 3.38. The third kappa shape index (κ3) is 5.12.